The number of hydrogen-bond acceptors (Lipinski definition) is 3. The summed E-state index contributed by atoms with van der Waals surface area (Å²) in [7, 11) is 1.80. The first kappa shape index (κ1) is 13.1. The molecule has 6 heteroatoms. The van der Waals surface area contributed by atoms with E-state index in [1.807, 2.05) is 11.8 Å². The molecule has 2 fully saturated rings. The Hall–Kier alpha value is -1.85. The van der Waals surface area contributed by atoms with E-state index >= 15 is 0 Å². The molecule has 1 aliphatic heterocycles. The SMILES string of the molecule is Cc1nn(C)cc1C(=O)N1CCC2(CC1)C[C@H]2C(=O)O. The quantitative estimate of drug-likeness (QED) is 0.877. The lowest BCUT2D eigenvalue weighted by molar-refractivity contribution is -0.139. The van der Waals surface area contributed by atoms with Crippen molar-refractivity contribution < 1.29 is 14.7 Å². The van der Waals surface area contributed by atoms with Gasteiger partial charge in [0, 0.05) is 26.3 Å². The Morgan fingerprint density at radius 3 is 2.50 bits per heavy atom. The number of likely N-dealkylation sites (tertiary alicyclic amines) is 1. The van der Waals surface area contributed by atoms with E-state index in [0.717, 1.165) is 25.0 Å². The van der Waals surface area contributed by atoms with E-state index in [0.29, 0.717) is 18.7 Å². The summed E-state index contributed by atoms with van der Waals surface area (Å²) in [5, 5.41) is 13.3. The maximum Gasteiger partial charge on any atom is 0.307 e. The van der Waals surface area contributed by atoms with Crippen molar-refractivity contribution in [3.8, 4) is 0 Å². The molecule has 0 aromatic carbocycles. The van der Waals surface area contributed by atoms with E-state index in [-0.39, 0.29) is 17.2 Å². The van der Waals surface area contributed by atoms with Crippen LogP contribution >= 0.6 is 0 Å². The van der Waals surface area contributed by atoms with Gasteiger partial charge in [0.05, 0.1) is 17.2 Å². The highest BCUT2D eigenvalue weighted by Crippen LogP contribution is 2.59. The molecule has 1 saturated carbocycles. The Morgan fingerprint density at radius 1 is 1.40 bits per heavy atom. The summed E-state index contributed by atoms with van der Waals surface area (Å²) in [5.74, 6) is -0.870. The van der Waals surface area contributed by atoms with Gasteiger partial charge in [-0.3, -0.25) is 14.3 Å². The monoisotopic (exact) mass is 277 g/mol. The van der Waals surface area contributed by atoms with Gasteiger partial charge in [0.25, 0.3) is 5.91 Å². The largest absolute Gasteiger partial charge is 0.481 e. The molecule has 1 amide bonds. The van der Waals surface area contributed by atoms with Gasteiger partial charge in [-0.25, -0.2) is 0 Å². The van der Waals surface area contributed by atoms with Crippen LogP contribution in [0.5, 0.6) is 0 Å². The highest BCUT2D eigenvalue weighted by atomic mass is 16.4. The Kier molecular flexibility index (Phi) is 2.84. The fraction of sp³-hybridized carbons (Fsp3) is 0.643. The second-order valence-corrected chi connectivity index (χ2v) is 6.05. The third-order valence-corrected chi connectivity index (χ3v) is 4.78. The topological polar surface area (TPSA) is 75.4 Å². The van der Waals surface area contributed by atoms with Gasteiger partial charge in [-0.15, -0.1) is 0 Å². The normalized spacial score (nSPS) is 23.9. The molecule has 0 unspecified atom stereocenters. The average molecular weight is 277 g/mol. The molecule has 108 valence electrons. The fourth-order valence-electron chi connectivity index (χ4n) is 3.38. The van der Waals surface area contributed by atoms with Gasteiger partial charge in [0.15, 0.2) is 0 Å². The summed E-state index contributed by atoms with van der Waals surface area (Å²) in [6.45, 7) is 3.13. The van der Waals surface area contributed by atoms with Gasteiger partial charge < -0.3 is 10.0 Å². The molecule has 1 saturated heterocycles. The Bertz CT molecular complexity index is 570. The van der Waals surface area contributed by atoms with Crippen molar-refractivity contribution in [2.24, 2.45) is 18.4 Å². The number of nitrogens with zero attached hydrogens (tertiary/aromatic N) is 3. The molecule has 2 heterocycles. The van der Waals surface area contributed by atoms with Crippen molar-refractivity contribution in [3.63, 3.8) is 0 Å². The number of carboxylic acid groups (broad SMARTS) is 1. The Balaban J connectivity index is 1.66. The van der Waals surface area contributed by atoms with E-state index in [4.69, 9.17) is 5.11 Å². The van der Waals surface area contributed by atoms with Gasteiger partial charge in [0.1, 0.15) is 0 Å². The number of piperidine rings is 1. The number of aliphatic carboxylic acids is 1. The second-order valence-electron chi connectivity index (χ2n) is 6.05. The van der Waals surface area contributed by atoms with Gasteiger partial charge >= 0.3 is 5.97 Å². The minimum Gasteiger partial charge on any atom is -0.481 e. The van der Waals surface area contributed by atoms with Crippen molar-refractivity contribution in [1.29, 1.82) is 0 Å². The van der Waals surface area contributed by atoms with Crippen LogP contribution in [0, 0.1) is 18.3 Å². The highest BCUT2D eigenvalue weighted by molar-refractivity contribution is 5.95. The predicted octanol–water partition coefficient (Wildman–Crippen LogP) is 1.06. The van der Waals surface area contributed by atoms with Crippen molar-refractivity contribution in [1.82, 2.24) is 14.7 Å². The average Bonchev–Trinajstić information content (AvgIpc) is 2.99. The first-order chi connectivity index (χ1) is 9.43. The summed E-state index contributed by atoms with van der Waals surface area (Å²) in [5.41, 5.74) is 1.36. The number of carbonyl (C=O) groups excluding carboxylic acids is 1. The van der Waals surface area contributed by atoms with Crippen molar-refractivity contribution >= 4 is 11.9 Å². The van der Waals surface area contributed by atoms with Crippen LogP contribution in [0.25, 0.3) is 0 Å². The Morgan fingerprint density at radius 2 is 2.05 bits per heavy atom. The molecule has 3 rings (SSSR count). The van der Waals surface area contributed by atoms with Gasteiger partial charge in [-0.05, 0) is 31.6 Å². The lowest BCUT2D eigenvalue weighted by atomic mass is 9.90. The van der Waals surface area contributed by atoms with Gasteiger partial charge in [-0.1, -0.05) is 0 Å². The molecular weight excluding hydrogens is 258 g/mol. The molecule has 1 aromatic heterocycles. The lowest BCUT2D eigenvalue weighted by Crippen LogP contribution is -2.40. The van der Waals surface area contributed by atoms with Crippen LogP contribution in [0.1, 0.15) is 35.3 Å². The summed E-state index contributed by atoms with van der Waals surface area (Å²) < 4.78 is 1.65. The highest BCUT2D eigenvalue weighted by Gasteiger charge is 2.59. The smallest absolute Gasteiger partial charge is 0.307 e. The minimum absolute atomic E-state index is 0.0120. The number of aromatic nitrogens is 2. The Labute approximate surface area is 117 Å². The molecule has 0 radical (unpaired) electrons. The van der Waals surface area contributed by atoms with E-state index in [1.165, 1.54) is 0 Å². The molecule has 1 spiro atoms. The zero-order chi connectivity index (χ0) is 14.5. The van der Waals surface area contributed by atoms with Crippen LogP contribution in [0.3, 0.4) is 0 Å². The molecule has 2 aliphatic rings. The molecule has 1 aromatic rings. The van der Waals surface area contributed by atoms with Crippen LogP contribution in [0.2, 0.25) is 0 Å². The maximum atomic E-state index is 12.4. The number of amides is 1. The minimum atomic E-state index is -0.687. The summed E-state index contributed by atoms with van der Waals surface area (Å²) in [4.78, 5) is 25.3. The molecule has 20 heavy (non-hydrogen) atoms. The van der Waals surface area contributed by atoms with E-state index in [9.17, 15) is 9.59 Å². The molecule has 6 nitrogen and oxygen atoms in total. The number of hydrogen-bond donors (Lipinski definition) is 1. The fourth-order valence-corrected chi connectivity index (χ4v) is 3.38. The first-order valence-electron chi connectivity index (χ1n) is 6.95. The van der Waals surface area contributed by atoms with Gasteiger partial charge in [-0.2, -0.15) is 5.10 Å². The van der Waals surface area contributed by atoms with Crippen LogP contribution < -0.4 is 0 Å². The number of carboxylic acids is 1. The van der Waals surface area contributed by atoms with E-state index in [2.05, 4.69) is 5.10 Å². The van der Waals surface area contributed by atoms with Crippen LogP contribution in [-0.4, -0.2) is 44.8 Å². The summed E-state index contributed by atoms with van der Waals surface area (Å²) >= 11 is 0. The molecule has 0 bridgehead atoms. The van der Waals surface area contributed by atoms with Crippen LogP contribution in [0.15, 0.2) is 6.20 Å². The first-order valence-corrected chi connectivity index (χ1v) is 6.95. The number of rotatable bonds is 2. The predicted molar refractivity (Wildman–Crippen MR) is 71.3 cm³/mol. The molecular formula is C14H19N3O3. The standard InChI is InChI=1S/C14H19N3O3/c1-9-10(8-16(2)15-9)12(18)17-5-3-14(4-6-17)7-11(14)13(19)20/h8,11H,3-7H2,1-2H3,(H,19,20)/t11-/m0/s1. The maximum absolute atomic E-state index is 12.4. The summed E-state index contributed by atoms with van der Waals surface area (Å²) in [6, 6.07) is 0. The lowest BCUT2D eigenvalue weighted by Gasteiger charge is -2.32. The summed E-state index contributed by atoms with van der Waals surface area (Å²) in [6.07, 6.45) is 4.12. The van der Waals surface area contributed by atoms with Crippen molar-refractivity contribution in [3.05, 3.63) is 17.5 Å². The zero-order valence-electron chi connectivity index (χ0n) is 11.8. The van der Waals surface area contributed by atoms with E-state index in [1.54, 1.807) is 17.9 Å². The van der Waals surface area contributed by atoms with Crippen LogP contribution in [-0.2, 0) is 11.8 Å². The zero-order valence-corrected chi connectivity index (χ0v) is 11.8. The van der Waals surface area contributed by atoms with Crippen LogP contribution in [0.4, 0.5) is 0 Å². The second kappa shape index (κ2) is 4.33. The molecule has 1 N–H and O–H groups in total. The van der Waals surface area contributed by atoms with Gasteiger partial charge in [0.2, 0.25) is 0 Å². The molecule has 1 aliphatic carbocycles. The number of carbonyl (C=O) groups is 2. The third-order valence-electron chi connectivity index (χ3n) is 4.78. The third kappa shape index (κ3) is 1.99. The molecule has 1 atom stereocenters. The number of aryl methyl sites for hydroxylation is 2. The van der Waals surface area contributed by atoms with Crippen molar-refractivity contribution in [2.75, 3.05) is 13.1 Å². The van der Waals surface area contributed by atoms with E-state index < -0.39 is 5.97 Å². The van der Waals surface area contributed by atoms with Crippen molar-refractivity contribution in [2.45, 2.75) is 26.2 Å².